The summed E-state index contributed by atoms with van der Waals surface area (Å²) in [5, 5.41) is 0. The van der Waals surface area contributed by atoms with E-state index < -0.39 is 0 Å². The standard InChI is InChI=1S/C14H15FN2/c1-9-7-11(3-5-13(9)15)14-6-4-12(8-17-14)10(2)16/h3-8,10H,16H2,1-2H3/t10-/m0/s1. The minimum Gasteiger partial charge on any atom is -0.324 e. The van der Waals surface area contributed by atoms with Crippen LogP contribution in [0.4, 0.5) is 4.39 Å². The monoisotopic (exact) mass is 230 g/mol. The first-order chi connectivity index (χ1) is 8.08. The van der Waals surface area contributed by atoms with E-state index in [9.17, 15) is 4.39 Å². The quantitative estimate of drug-likeness (QED) is 0.860. The van der Waals surface area contributed by atoms with E-state index in [0.717, 1.165) is 16.8 Å². The maximum atomic E-state index is 13.1. The molecule has 17 heavy (non-hydrogen) atoms. The Hall–Kier alpha value is -1.74. The molecule has 0 radical (unpaired) electrons. The summed E-state index contributed by atoms with van der Waals surface area (Å²) in [6.45, 7) is 3.66. The second kappa shape index (κ2) is 4.63. The molecule has 0 bridgehead atoms. The van der Waals surface area contributed by atoms with Crippen LogP contribution in [0, 0.1) is 12.7 Å². The molecule has 0 aliphatic heterocycles. The van der Waals surface area contributed by atoms with Gasteiger partial charge in [-0.05, 0) is 49.2 Å². The minimum absolute atomic E-state index is 0.0218. The Labute approximate surface area is 100 Å². The number of pyridine rings is 1. The molecule has 0 unspecified atom stereocenters. The molecule has 3 heteroatoms. The number of benzene rings is 1. The largest absolute Gasteiger partial charge is 0.324 e. The van der Waals surface area contributed by atoms with E-state index in [1.54, 1.807) is 25.3 Å². The van der Waals surface area contributed by atoms with E-state index in [-0.39, 0.29) is 11.9 Å². The van der Waals surface area contributed by atoms with Gasteiger partial charge in [0.05, 0.1) is 5.69 Å². The lowest BCUT2D eigenvalue weighted by molar-refractivity contribution is 0.619. The third-order valence-electron chi connectivity index (χ3n) is 2.77. The zero-order valence-electron chi connectivity index (χ0n) is 9.94. The number of hydrogen-bond donors (Lipinski definition) is 1. The molecule has 0 saturated heterocycles. The van der Waals surface area contributed by atoms with Crippen LogP contribution in [0.2, 0.25) is 0 Å². The SMILES string of the molecule is Cc1cc(-c2ccc([C@H](C)N)cn2)ccc1F. The fourth-order valence-electron chi connectivity index (χ4n) is 1.65. The van der Waals surface area contributed by atoms with Gasteiger partial charge in [-0.3, -0.25) is 4.98 Å². The number of aromatic nitrogens is 1. The Morgan fingerprint density at radius 3 is 2.53 bits per heavy atom. The third-order valence-corrected chi connectivity index (χ3v) is 2.77. The Balaban J connectivity index is 2.36. The molecule has 1 heterocycles. The average Bonchev–Trinajstić information content (AvgIpc) is 2.33. The predicted molar refractivity (Wildman–Crippen MR) is 67.0 cm³/mol. The molecule has 2 N–H and O–H groups in total. The molecule has 0 aliphatic carbocycles. The number of nitrogens with two attached hydrogens (primary N) is 1. The van der Waals surface area contributed by atoms with E-state index in [1.165, 1.54) is 6.07 Å². The first-order valence-electron chi connectivity index (χ1n) is 5.56. The van der Waals surface area contributed by atoms with Gasteiger partial charge in [0, 0.05) is 17.8 Å². The van der Waals surface area contributed by atoms with Gasteiger partial charge < -0.3 is 5.73 Å². The number of rotatable bonds is 2. The summed E-state index contributed by atoms with van der Waals surface area (Å²) < 4.78 is 13.1. The van der Waals surface area contributed by atoms with Crippen molar-refractivity contribution in [2.45, 2.75) is 19.9 Å². The second-order valence-electron chi connectivity index (χ2n) is 4.23. The van der Waals surface area contributed by atoms with E-state index in [4.69, 9.17) is 5.73 Å². The summed E-state index contributed by atoms with van der Waals surface area (Å²) in [6.07, 6.45) is 1.76. The van der Waals surface area contributed by atoms with E-state index >= 15 is 0 Å². The lowest BCUT2D eigenvalue weighted by atomic mass is 10.1. The fourth-order valence-corrected chi connectivity index (χ4v) is 1.65. The van der Waals surface area contributed by atoms with Crippen molar-refractivity contribution in [2.75, 3.05) is 0 Å². The van der Waals surface area contributed by atoms with E-state index in [0.29, 0.717) is 5.56 Å². The van der Waals surface area contributed by atoms with Gasteiger partial charge in [-0.25, -0.2) is 4.39 Å². The maximum absolute atomic E-state index is 13.1. The fraction of sp³-hybridized carbons (Fsp3) is 0.214. The van der Waals surface area contributed by atoms with Gasteiger partial charge >= 0.3 is 0 Å². The van der Waals surface area contributed by atoms with Crippen LogP contribution in [0.25, 0.3) is 11.3 Å². The van der Waals surface area contributed by atoms with Gasteiger partial charge in [0.25, 0.3) is 0 Å². The highest BCUT2D eigenvalue weighted by molar-refractivity contribution is 5.60. The maximum Gasteiger partial charge on any atom is 0.126 e. The number of nitrogens with zero attached hydrogens (tertiary/aromatic N) is 1. The van der Waals surface area contributed by atoms with Crippen molar-refractivity contribution in [3.05, 3.63) is 53.5 Å². The lowest BCUT2D eigenvalue weighted by Gasteiger charge is -2.07. The van der Waals surface area contributed by atoms with Gasteiger partial charge in [-0.2, -0.15) is 0 Å². The second-order valence-corrected chi connectivity index (χ2v) is 4.23. The summed E-state index contributed by atoms with van der Waals surface area (Å²) in [6, 6.07) is 8.83. The van der Waals surface area contributed by atoms with Crippen LogP contribution in [-0.2, 0) is 0 Å². The van der Waals surface area contributed by atoms with Crippen molar-refractivity contribution < 1.29 is 4.39 Å². The number of aryl methyl sites for hydroxylation is 1. The van der Waals surface area contributed by atoms with Crippen molar-refractivity contribution in [3.63, 3.8) is 0 Å². The summed E-state index contributed by atoms with van der Waals surface area (Å²) >= 11 is 0. The first-order valence-corrected chi connectivity index (χ1v) is 5.56. The molecule has 1 atom stereocenters. The van der Waals surface area contributed by atoms with Gasteiger partial charge in [0.15, 0.2) is 0 Å². The molecule has 2 rings (SSSR count). The van der Waals surface area contributed by atoms with Crippen LogP contribution in [0.5, 0.6) is 0 Å². The number of hydrogen-bond acceptors (Lipinski definition) is 2. The highest BCUT2D eigenvalue weighted by atomic mass is 19.1. The van der Waals surface area contributed by atoms with E-state index in [1.807, 2.05) is 19.1 Å². The molecule has 0 fully saturated rings. The Morgan fingerprint density at radius 2 is 2.00 bits per heavy atom. The molecule has 0 amide bonds. The van der Waals surface area contributed by atoms with Gasteiger partial charge in [-0.15, -0.1) is 0 Å². The van der Waals surface area contributed by atoms with Crippen LogP contribution in [0.1, 0.15) is 24.1 Å². The molecular formula is C14H15FN2. The zero-order valence-corrected chi connectivity index (χ0v) is 9.94. The molecular weight excluding hydrogens is 215 g/mol. The van der Waals surface area contributed by atoms with Gasteiger partial charge in [-0.1, -0.05) is 6.07 Å². The van der Waals surface area contributed by atoms with E-state index in [2.05, 4.69) is 4.98 Å². The van der Waals surface area contributed by atoms with Crippen LogP contribution in [-0.4, -0.2) is 4.98 Å². The highest BCUT2D eigenvalue weighted by Crippen LogP contribution is 2.21. The summed E-state index contributed by atoms with van der Waals surface area (Å²) in [5.74, 6) is -0.194. The van der Waals surface area contributed by atoms with Crippen molar-refractivity contribution in [2.24, 2.45) is 5.73 Å². The lowest BCUT2D eigenvalue weighted by Crippen LogP contribution is -2.05. The highest BCUT2D eigenvalue weighted by Gasteiger charge is 2.04. The van der Waals surface area contributed by atoms with Crippen molar-refractivity contribution >= 4 is 0 Å². The normalized spacial score (nSPS) is 12.5. The number of halogens is 1. The molecule has 88 valence electrons. The third kappa shape index (κ3) is 2.50. The van der Waals surface area contributed by atoms with Gasteiger partial charge in [0.2, 0.25) is 0 Å². The molecule has 0 saturated carbocycles. The molecule has 1 aromatic carbocycles. The molecule has 1 aromatic heterocycles. The molecule has 0 aliphatic rings. The Kier molecular flexibility index (Phi) is 3.20. The molecule has 0 spiro atoms. The van der Waals surface area contributed by atoms with Crippen molar-refractivity contribution in [1.29, 1.82) is 0 Å². The van der Waals surface area contributed by atoms with Crippen LogP contribution in [0.3, 0.4) is 0 Å². The van der Waals surface area contributed by atoms with Crippen LogP contribution >= 0.6 is 0 Å². The summed E-state index contributed by atoms with van der Waals surface area (Å²) in [5.41, 5.74) is 9.12. The first kappa shape index (κ1) is 11.7. The Bertz CT molecular complexity index is 518. The van der Waals surface area contributed by atoms with Crippen LogP contribution < -0.4 is 5.73 Å². The summed E-state index contributed by atoms with van der Waals surface area (Å²) in [4.78, 5) is 4.34. The smallest absolute Gasteiger partial charge is 0.126 e. The molecule has 2 nitrogen and oxygen atoms in total. The summed E-state index contributed by atoms with van der Waals surface area (Å²) in [7, 11) is 0. The van der Waals surface area contributed by atoms with Crippen LogP contribution in [0.15, 0.2) is 36.5 Å². The minimum atomic E-state index is -0.194. The topological polar surface area (TPSA) is 38.9 Å². The van der Waals surface area contributed by atoms with Crippen molar-refractivity contribution in [1.82, 2.24) is 4.98 Å². The predicted octanol–water partition coefficient (Wildman–Crippen LogP) is 3.22. The molecule has 2 aromatic rings. The van der Waals surface area contributed by atoms with Crippen molar-refractivity contribution in [3.8, 4) is 11.3 Å². The Morgan fingerprint density at radius 1 is 1.24 bits per heavy atom. The van der Waals surface area contributed by atoms with Gasteiger partial charge in [0.1, 0.15) is 5.82 Å². The zero-order chi connectivity index (χ0) is 12.4. The average molecular weight is 230 g/mol.